The van der Waals surface area contributed by atoms with Crippen molar-refractivity contribution in [3.05, 3.63) is 59.6 Å². The maximum atomic E-state index is 15.9. The van der Waals surface area contributed by atoms with Crippen molar-refractivity contribution in [1.29, 1.82) is 0 Å². The van der Waals surface area contributed by atoms with E-state index in [1.165, 1.54) is 18.4 Å². The number of nitrogens with one attached hydrogen (secondary N) is 3. The highest BCUT2D eigenvalue weighted by atomic mass is 19.1. The number of halogens is 1. The molecule has 1 aliphatic carbocycles. The lowest BCUT2D eigenvalue weighted by molar-refractivity contribution is -0.135. The minimum absolute atomic E-state index is 0.0569. The molecule has 264 valence electrons. The summed E-state index contributed by atoms with van der Waals surface area (Å²) in [6, 6.07) is 7.99. The smallest absolute Gasteiger partial charge is 0.255 e. The van der Waals surface area contributed by atoms with Crippen LogP contribution in [0.5, 0.6) is 5.75 Å². The number of carbonyl (C=O) groups excluding carboxylic acids is 4. The molecule has 0 bridgehead atoms. The fourth-order valence-corrected chi connectivity index (χ4v) is 6.92. The minimum Gasteiger partial charge on any atom is -0.497 e. The maximum absolute atomic E-state index is 15.9. The molecular formula is C37H48FN5O6. The molecule has 3 atom stereocenters. The third-order valence-electron chi connectivity index (χ3n) is 9.87. The summed E-state index contributed by atoms with van der Waals surface area (Å²) in [5.74, 6) is -2.45. The van der Waals surface area contributed by atoms with Gasteiger partial charge in [0.1, 0.15) is 29.5 Å². The third kappa shape index (κ3) is 8.59. The second-order valence-corrected chi connectivity index (χ2v) is 13.3. The molecule has 3 N–H and O–H groups in total. The SMILES string of the molecule is CCC(=O)N[C@H](C)[C@@H](C(=O)N1CCN(C)CC1)c1ccc(NC(=O)[C@@H](NC(=O)c2coc3cc(OC)ccc23)C2CCCCCC2)c(F)c1. The highest BCUT2D eigenvalue weighted by Gasteiger charge is 2.35. The Morgan fingerprint density at radius 3 is 2.35 bits per heavy atom. The van der Waals surface area contributed by atoms with Crippen molar-refractivity contribution < 1.29 is 32.7 Å². The van der Waals surface area contributed by atoms with E-state index >= 15 is 4.39 Å². The highest BCUT2D eigenvalue weighted by molar-refractivity contribution is 6.08. The Hall–Kier alpha value is -4.45. The Morgan fingerprint density at radius 2 is 1.69 bits per heavy atom. The van der Waals surface area contributed by atoms with Crippen molar-refractivity contribution in [1.82, 2.24) is 20.4 Å². The van der Waals surface area contributed by atoms with Gasteiger partial charge in [-0.15, -0.1) is 0 Å². The van der Waals surface area contributed by atoms with E-state index in [1.807, 2.05) is 7.05 Å². The number of amides is 4. The van der Waals surface area contributed by atoms with Crippen molar-refractivity contribution >= 4 is 40.3 Å². The molecule has 1 saturated heterocycles. The van der Waals surface area contributed by atoms with Crippen LogP contribution in [-0.2, 0) is 14.4 Å². The van der Waals surface area contributed by atoms with E-state index in [-0.39, 0.29) is 29.8 Å². The first-order chi connectivity index (χ1) is 23.6. The molecule has 2 heterocycles. The molecule has 11 nitrogen and oxygen atoms in total. The first kappa shape index (κ1) is 35.8. The zero-order valence-electron chi connectivity index (χ0n) is 28.9. The Balaban J connectivity index is 1.38. The number of piperazine rings is 1. The van der Waals surface area contributed by atoms with Gasteiger partial charge in [-0.1, -0.05) is 38.7 Å². The average Bonchev–Trinajstić information content (AvgIpc) is 3.33. The molecule has 5 rings (SSSR count). The normalized spacial score (nSPS) is 17.9. The predicted molar refractivity (Wildman–Crippen MR) is 185 cm³/mol. The summed E-state index contributed by atoms with van der Waals surface area (Å²) in [5, 5.41) is 9.14. The van der Waals surface area contributed by atoms with E-state index in [2.05, 4.69) is 20.9 Å². The van der Waals surface area contributed by atoms with Gasteiger partial charge in [0.15, 0.2) is 0 Å². The van der Waals surface area contributed by atoms with Crippen LogP contribution in [0.25, 0.3) is 11.0 Å². The first-order valence-electron chi connectivity index (χ1n) is 17.3. The van der Waals surface area contributed by atoms with Crippen LogP contribution >= 0.6 is 0 Å². The van der Waals surface area contributed by atoms with Gasteiger partial charge in [0.2, 0.25) is 17.7 Å². The van der Waals surface area contributed by atoms with Gasteiger partial charge in [0, 0.05) is 50.1 Å². The van der Waals surface area contributed by atoms with Gasteiger partial charge in [0.25, 0.3) is 5.91 Å². The number of benzene rings is 2. The molecule has 0 radical (unpaired) electrons. The predicted octanol–water partition coefficient (Wildman–Crippen LogP) is 5.06. The molecule has 1 saturated carbocycles. The molecule has 12 heteroatoms. The van der Waals surface area contributed by atoms with Crippen LogP contribution in [0.4, 0.5) is 10.1 Å². The number of anilines is 1. The van der Waals surface area contributed by atoms with E-state index in [1.54, 1.807) is 50.1 Å². The molecule has 1 aliphatic heterocycles. The van der Waals surface area contributed by atoms with Crippen LogP contribution in [0.1, 0.15) is 80.6 Å². The standard InChI is InChI=1S/C37H48FN5O6/c1-5-32(44)39-23(2)33(37(47)43-18-16-42(3)17-19-43)25-12-15-30(29(38)20-25)40-36(46)34(24-10-8-6-7-9-11-24)41-35(45)28-22-49-31-21-26(48-4)13-14-27(28)31/h12-15,20-24,33-34H,5-11,16-19H2,1-4H3,(H,39,44)(H,40,46)(H,41,45)/t23-,33-,34+/m1/s1. The largest absolute Gasteiger partial charge is 0.497 e. The van der Waals surface area contributed by atoms with Crippen LogP contribution in [0.2, 0.25) is 0 Å². The van der Waals surface area contributed by atoms with E-state index in [0.29, 0.717) is 40.9 Å². The van der Waals surface area contributed by atoms with E-state index in [0.717, 1.165) is 51.6 Å². The van der Waals surface area contributed by atoms with E-state index < -0.39 is 35.6 Å². The van der Waals surface area contributed by atoms with Crippen molar-refractivity contribution in [2.45, 2.75) is 76.8 Å². The number of ether oxygens (including phenoxy) is 1. The van der Waals surface area contributed by atoms with Gasteiger partial charge >= 0.3 is 0 Å². The minimum atomic E-state index is -0.913. The van der Waals surface area contributed by atoms with Crippen LogP contribution in [0.15, 0.2) is 47.1 Å². The van der Waals surface area contributed by atoms with Gasteiger partial charge < -0.3 is 34.9 Å². The fourth-order valence-electron chi connectivity index (χ4n) is 6.92. The number of nitrogens with zero attached hydrogens (tertiary/aromatic N) is 2. The summed E-state index contributed by atoms with van der Waals surface area (Å²) < 4.78 is 26.8. The summed E-state index contributed by atoms with van der Waals surface area (Å²) in [5.41, 5.74) is 1.12. The Kier molecular flexibility index (Phi) is 11.9. The zero-order valence-corrected chi connectivity index (χ0v) is 28.9. The molecule has 0 unspecified atom stereocenters. The quantitative estimate of drug-likeness (QED) is 0.242. The first-order valence-corrected chi connectivity index (χ1v) is 17.3. The third-order valence-corrected chi connectivity index (χ3v) is 9.87. The topological polar surface area (TPSA) is 133 Å². The Labute approximate surface area is 286 Å². The fraction of sp³-hybridized carbons (Fsp3) is 0.514. The number of hydrogen-bond acceptors (Lipinski definition) is 7. The second-order valence-electron chi connectivity index (χ2n) is 13.3. The van der Waals surface area contributed by atoms with Crippen LogP contribution < -0.4 is 20.7 Å². The molecular weight excluding hydrogens is 629 g/mol. The Bertz CT molecular complexity index is 1640. The van der Waals surface area contributed by atoms with Crippen molar-refractivity contribution in [2.24, 2.45) is 5.92 Å². The molecule has 4 amide bonds. The molecule has 0 spiro atoms. The summed E-state index contributed by atoms with van der Waals surface area (Å²) in [6.45, 7) is 5.99. The number of methoxy groups -OCH3 is 1. The monoisotopic (exact) mass is 677 g/mol. The van der Waals surface area contributed by atoms with Crippen LogP contribution in [-0.4, -0.2) is 85.8 Å². The molecule has 2 aromatic carbocycles. The molecule has 49 heavy (non-hydrogen) atoms. The number of rotatable bonds is 11. The van der Waals surface area contributed by atoms with Gasteiger partial charge in [-0.2, -0.15) is 0 Å². The van der Waals surface area contributed by atoms with Crippen LogP contribution in [0.3, 0.4) is 0 Å². The van der Waals surface area contributed by atoms with Crippen LogP contribution in [0, 0.1) is 11.7 Å². The lowest BCUT2D eigenvalue weighted by Gasteiger charge is -2.36. The van der Waals surface area contributed by atoms with E-state index in [9.17, 15) is 19.2 Å². The summed E-state index contributed by atoms with van der Waals surface area (Å²) in [4.78, 5) is 57.5. The maximum Gasteiger partial charge on any atom is 0.255 e. The summed E-state index contributed by atoms with van der Waals surface area (Å²) >= 11 is 0. The number of fused-ring (bicyclic) bond motifs is 1. The number of furan rings is 1. The summed E-state index contributed by atoms with van der Waals surface area (Å²) in [6.07, 6.45) is 7.07. The highest BCUT2D eigenvalue weighted by Crippen LogP contribution is 2.31. The van der Waals surface area contributed by atoms with Crippen molar-refractivity contribution in [2.75, 3.05) is 45.7 Å². The molecule has 3 aromatic rings. The molecule has 2 fully saturated rings. The summed E-state index contributed by atoms with van der Waals surface area (Å²) in [7, 11) is 3.54. The number of carbonyl (C=O) groups is 4. The van der Waals surface area contributed by atoms with Crippen molar-refractivity contribution in [3.8, 4) is 5.75 Å². The number of likely N-dealkylation sites (N-methyl/N-ethyl adjacent to an activating group) is 1. The van der Waals surface area contributed by atoms with Crippen molar-refractivity contribution in [3.63, 3.8) is 0 Å². The second kappa shape index (κ2) is 16.3. The number of hydrogen-bond donors (Lipinski definition) is 3. The van der Waals surface area contributed by atoms with Gasteiger partial charge in [0.05, 0.1) is 24.3 Å². The molecule has 2 aliphatic rings. The van der Waals surface area contributed by atoms with Gasteiger partial charge in [-0.3, -0.25) is 19.2 Å². The Morgan fingerprint density at radius 1 is 0.980 bits per heavy atom. The van der Waals surface area contributed by atoms with Gasteiger partial charge in [-0.25, -0.2) is 4.39 Å². The van der Waals surface area contributed by atoms with E-state index in [4.69, 9.17) is 9.15 Å². The van der Waals surface area contributed by atoms with Gasteiger partial charge in [-0.05, 0) is 62.6 Å². The zero-order chi connectivity index (χ0) is 35.1. The lowest BCUT2D eigenvalue weighted by Crippen LogP contribution is -2.51. The average molecular weight is 678 g/mol. The lowest BCUT2D eigenvalue weighted by atomic mass is 9.89. The molecule has 1 aromatic heterocycles.